The molecule has 5 rings (SSSR count). The van der Waals surface area contributed by atoms with Gasteiger partial charge in [-0.15, -0.1) is 0 Å². The van der Waals surface area contributed by atoms with Gasteiger partial charge in [-0.25, -0.2) is 0 Å². The lowest BCUT2D eigenvalue weighted by atomic mass is 9.79. The zero-order valence-corrected chi connectivity index (χ0v) is 16.2. The number of aliphatic imine (C=N–C) groups is 1. The Balaban J connectivity index is 1.52. The van der Waals surface area contributed by atoms with Gasteiger partial charge in [-0.05, 0) is 16.7 Å². The first kappa shape index (κ1) is 17.9. The molecule has 2 heterocycles. The molecule has 2 unspecified atom stereocenters. The van der Waals surface area contributed by atoms with Crippen LogP contribution in [-0.2, 0) is 14.5 Å². The van der Waals surface area contributed by atoms with E-state index in [1.165, 1.54) is 11.1 Å². The van der Waals surface area contributed by atoms with Gasteiger partial charge in [0.1, 0.15) is 24.1 Å². The van der Waals surface area contributed by atoms with E-state index in [4.69, 9.17) is 19.5 Å². The van der Waals surface area contributed by atoms with Crippen molar-refractivity contribution >= 4 is 11.4 Å². The van der Waals surface area contributed by atoms with Crippen LogP contribution in [-0.4, -0.2) is 25.2 Å². The second kappa shape index (κ2) is 7.35. The Hall–Kier alpha value is -3.15. The maximum Gasteiger partial charge on any atom is 0.234 e. The predicted octanol–water partition coefficient (Wildman–Crippen LogP) is 4.31. The summed E-state index contributed by atoms with van der Waals surface area (Å²) < 4.78 is 6.16. The molecule has 29 heavy (non-hydrogen) atoms. The zero-order valence-electron chi connectivity index (χ0n) is 16.2. The van der Waals surface area contributed by atoms with Crippen molar-refractivity contribution in [1.82, 2.24) is 5.32 Å². The lowest BCUT2D eigenvalue weighted by Gasteiger charge is -2.36. The number of nitrogens with zero attached hydrogens (tertiary/aromatic N) is 1. The van der Waals surface area contributed by atoms with Crippen LogP contribution in [0, 0.1) is 0 Å². The van der Waals surface area contributed by atoms with Crippen LogP contribution < -0.4 is 5.32 Å². The molecule has 0 saturated carbocycles. The molecule has 5 heteroatoms. The van der Waals surface area contributed by atoms with Gasteiger partial charge in [0, 0.05) is 25.2 Å². The van der Waals surface area contributed by atoms with Crippen LogP contribution in [0.1, 0.15) is 29.2 Å². The lowest BCUT2D eigenvalue weighted by Crippen LogP contribution is -2.36. The Morgan fingerprint density at radius 2 is 1.93 bits per heavy atom. The Morgan fingerprint density at radius 1 is 1.10 bits per heavy atom. The van der Waals surface area contributed by atoms with Gasteiger partial charge in [0.25, 0.3) is 0 Å². The van der Waals surface area contributed by atoms with E-state index >= 15 is 0 Å². The van der Waals surface area contributed by atoms with Crippen molar-refractivity contribution in [2.75, 3.05) is 13.7 Å². The van der Waals surface area contributed by atoms with E-state index < -0.39 is 5.60 Å². The highest BCUT2D eigenvalue weighted by Crippen LogP contribution is 2.46. The minimum Gasteiger partial charge on any atom is -0.371 e. The van der Waals surface area contributed by atoms with Crippen molar-refractivity contribution in [3.05, 3.63) is 101 Å². The van der Waals surface area contributed by atoms with E-state index in [2.05, 4.69) is 59.9 Å². The Bertz CT molecular complexity index is 1040. The first-order valence-electron chi connectivity index (χ1n) is 9.72. The van der Waals surface area contributed by atoms with Crippen LogP contribution in [0.15, 0.2) is 89.8 Å². The van der Waals surface area contributed by atoms with Gasteiger partial charge in [-0.2, -0.15) is 4.89 Å². The van der Waals surface area contributed by atoms with Crippen LogP contribution in [0.3, 0.4) is 0 Å². The highest BCUT2D eigenvalue weighted by Gasteiger charge is 2.44. The molecule has 2 aromatic carbocycles. The molecule has 0 spiro atoms. The highest BCUT2D eigenvalue weighted by atomic mass is 17.2. The molecule has 0 radical (unpaired) electrons. The molecule has 2 atom stereocenters. The largest absolute Gasteiger partial charge is 0.371 e. The number of hydrogen-bond acceptors (Lipinski definition) is 5. The van der Waals surface area contributed by atoms with E-state index in [0.29, 0.717) is 12.5 Å². The summed E-state index contributed by atoms with van der Waals surface area (Å²) in [4.78, 5) is 15.1. The quantitative estimate of drug-likeness (QED) is 0.796. The summed E-state index contributed by atoms with van der Waals surface area (Å²) in [6.45, 7) is 0.427. The topological polar surface area (TPSA) is 52.1 Å². The summed E-state index contributed by atoms with van der Waals surface area (Å²) >= 11 is 0. The number of ether oxygens (including phenoxy) is 1. The van der Waals surface area contributed by atoms with Gasteiger partial charge in [0.2, 0.25) is 5.88 Å². The van der Waals surface area contributed by atoms with Crippen LogP contribution in [0.2, 0.25) is 0 Å². The van der Waals surface area contributed by atoms with Gasteiger partial charge in [-0.3, -0.25) is 4.99 Å². The number of methoxy groups -OCH3 is 1. The summed E-state index contributed by atoms with van der Waals surface area (Å²) in [7, 11) is 1.76. The number of hydrogen-bond donors (Lipinski definition) is 1. The van der Waals surface area contributed by atoms with Crippen molar-refractivity contribution < 1.29 is 14.5 Å². The Labute approximate surface area is 169 Å². The standard InChI is InChI=1S/C24H22N2O3/c1-27-24(14-7-10-18(16-24)17-8-3-2-4-9-17)22-19-11-5-6-12-20(19)23(26-22)25-21-13-15-28-29-21/h2-14,22H,15-16H2,1H3,(H,25,26). The molecule has 0 aromatic heterocycles. The Morgan fingerprint density at radius 3 is 2.72 bits per heavy atom. The van der Waals surface area contributed by atoms with Crippen LogP contribution in [0.25, 0.3) is 5.57 Å². The van der Waals surface area contributed by atoms with Crippen LogP contribution in [0.5, 0.6) is 0 Å². The smallest absolute Gasteiger partial charge is 0.234 e. The summed E-state index contributed by atoms with van der Waals surface area (Å²) in [5, 5.41) is 3.26. The third kappa shape index (κ3) is 3.18. The number of nitrogens with one attached hydrogen (secondary N) is 1. The van der Waals surface area contributed by atoms with Gasteiger partial charge >= 0.3 is 0 Å². The monoisotopic (exact) mass is 386 g/mol. The van der Waals surface area contributed by atoms with Crippen molar-refractivity contribution in [3.63, 3.8) is 0 Å². The SMILES string of the molecule is COC1(C2N=C(NC3=CCOO3)c3ccccc32)C=CC=C(c2ccccc2)C1. The summed E-state index contributed by atoms with van der Waals surface area (Å²) in [6.07, 6.45) is 8.95. The lowest BCUT2D eigenvalue weighted by molar-refractivity contribution is -0.236. The number of benzene rings is 2. The number of rotatable bonds is 4. The van der Waals surface area contributed by atoms with Gasteiger partial charge in [-0.1, -0.05) is 72.8 Å². The molecule has 146 valence electrons. The fourth-order valence-corrected chi connectivity index (χ4v) is 4.15. The molecule has 1 N–H and O–H groups in total. The number of allylic oxidation sites excluding steroid dienone is 2. The Kier molecular flexibility index (Phi) is 4.54. The number of fused-ring (bicyclic) bond motifs is 1. The molecule has 0 bridgehead atoms. The zero-order chi connectivity index (χ0) is 19.7. The van der Waals surface area contributed by atoms with E-state index in [1.54, 1.807) is 7.11 Å². The van der Waals surface area contributed by atoms with E-state index in [1.807, 2.05) is 24.3 Å². The second-order valence-electron chi connectivity index (χ2n) is 7.28. The van der Waals surface area contributed by atoms with Crippen molar-refractivity contribution in [3.8, 4) is 0 Å². The third-order valence-electron chi connectivity index (χ3n) is 5.63. The predicted molar refractivity (Wildman–Crippen MR) is 112 cm³/mol. The molecule has 0 amide bonds. The summed E-state index contributed by atoms with van der Waals surface area (Å²) in [5.74, 6) is 1.33. The van der Waals surface area contributed by atoms with E-state index in [-0.39, 0.29) is 6.04 Å². The summed E-state index contributed by atoms with van der Waals surface area (Å²) in [5.41, 5.74) is 4.05. The molecule has 2 aliphatic heterocycles. The maximum absolute atomic E-state index is 6.16. The third-order valence-corrected chi connectivity index (χ3v) is 5.63. The van der Waals surface area contributed by atoms with Crippen LogP contribution >= 0.6 is 0 Å². The molecule has 5 nitrogen and oxygen atoms in total. The van der Waals surface area contributed by atoms with Crippen LogP contribution in [0.4, 0.5) is 0 Å². The molecule has 1 aliphatic carbocycles. The maximum atomic E-state index is 6.16. The first-order valence-corrected chi connectivity index (χ1v) is 9.72. The average Bonchev–Trinajstić information content (AvgIpc) is 3.43. The second-order valence-corrected chi connectivity index (χ2v) is 7.28. The molecule has 2 aromatic rings. The van der Waals surface area contributed by atoms with Gasteiger partial charge in [0.05, 0.1) is 0 Å². The molecule has 3 aliphatic rings. The molecule has 0 fully saturated rings. The molecular weight excluding hydrogens is 364 g/mol. The number of amidine groups is 1. The minimum atomic E-state index is -0.569. The van der Waals surface area contributed by atoms with E-state index in [9.17, 15) is 0 Å². The average molecular weight is 386 g/mol. The molecular formula is C24H22N2O3. The highest BCUT2D eigenvalue weighted by molar-refractivity contribution is 6.03. The van der Waals surface area contributed by atoms with Gasteiger partial charge in [0.15, 0.2) is 0 Å². The molecule has 0 saturated heterocycles. The fraction of sp³-hybridized carbons (Fsp3) is 0.208. The van der Waals surface area contributed by atoms with Gasteiger partial charge < -0.3 is 14.9 Å². The van der Waals surface area contributed by atoms with Crippen molar-refractivity contribution in [2.24, 2.45) is 4.99 Å². The van der Waals surface area contributed by atoms with Crippen molar-refractivity contribution in [1.29, 1.82) is 0 Å². The summed E-state index contributed by atoms with van der Waals surface area (Å²) in [6, 6.07) is 18.5. The fourth-order valence-electron chi connectivity index (χ4n) is 4.15. The minimum absolute atomic E-state index is 0.169. The van der Waals surface area contributed by atoms with E-state index in [0.717, 1.165) is 23.4 Å². The normalized spacial score (nSPS) is 25.0. The first-order chi connectivity index (χ1) is 14.3. The van der Waals surface area contributed by atoms with Crippen molar-refractivity contribution in [2.45, 2.75) is 18.1 Å².